The lowest BCUT2D eigenvalue weighted by molar-refractivity contribution is 0.170. The zero-order valence-corrected chi connectivity index (χ0v) is 11.3. The molecule has 0 aliphatic heterocycles. The molecule has 0 aromatic heterocycles. The predicted molar refractivity (Wildman–Crippen MR) is 74.7 cm³/mol. The van der Waals surface area contributed by atoms with E-state index in [1.54, 1.807) is 0 Å². The van der Waals surface area contributed by atoms with Crippen molar-refractivity contribution in [3.8, 4) is 0 Å². The largest absolute Gasteiger partial charge is 0.386 e. The van der Waals surface area contributed by atoms with Gasteiger partial charge in [-0.2, -0.15) is 0 Å². The van der Waals surface area contributed by atoms with Crippen LogP contribution in [0.3, 0.4) is 0 Å². The van der Waals surface area contributed by atoms with Gasteiger partial charge in [0.15, 0.2) is 0 Å². The summed E-state index contributed by atoms with van der Waals surface area (Å²) in [6.45, 7) is -0.268. The lowest BCUT2D eigenvalue weighted by atomic mass is 10.1. The third kappa shape index (κ3) is 4.23. The van der Waals surface area contributed by atoms with Crippen molar-refractivity contribution in [2.75, 3.05) is 11.9 Å². The molecule has 0 fully saturated rings. The Bertz CT molecular complexity index is 662. The van der Waals surface area contributed by atoms with E-state index in [-0.39, 0.29) is 12.1 Å². The fraction of sp³-hybridized carbons (Fsp3) is 0.133. The van der Waals surface area contributed by atoms with Crippen molar-refractivity contribution in [2.24, 2.45) is 0 Å². The van der Waals surface area contributed by atoms with Gasteiger partial charge in [0.2, 0.25) is 0 Å². The number of benzene rings is 2. The lowest BCUT2D eigenvalue weighted by Gasteiger charge is -2.13. The molecule has 116 valence electrons. The van der Waals surface area contributed by atoms with Gasteiger partial charge in [0, 0.05) is 23.9 Å². The van der Waals surface area contributed by atoms with Crippen LogP contribution in [0.1, 0.15) is 11.7 Å². The summed E-state index contributed by atoms with van der Waals surface area (Å²) in [5.41, 5.74) is 0.241. The van der Waals surface area contributed by atoms with E-state index in [0.29, 0.717) is 11.8 Å². The normalized spacial score (nSPS) is 11.8. The summed E-state index contributed by atoms with van der Waals surface area (Å²) in [4.78, 5) is 11.6. The van der Waals surface area contributed by atoms with E-state index >= 15 is 0 Å². The molecule has 0 bridgehead atoms. The van der Waals surface area contributed by atoms with Crippen LogP contribution >= 0.6 is 0 Å². The van der Waals surface area contributed by atoms with Crippen molar-refractivity contribution in [1.82, 2.24) is 5.32 Å². The maximum absolute atomic E-state index is 13.4. The number of urea groups is 1. The summed E-state index contributed by atoms with van der Waals surface area (Å²) in [6, 6.07) is 7.21. The number of amides is 2. The highest BCUT2D eigenvalue weighted by molar-refractivity contribution is 5.89. The van der Waals surface area contributed by atoms with Gasteiger partial charge >= 0.3 is 6.03 Å². The molecule has 1 unspecified atom stereocenters. The molecule has 1 atom stereocenters. The van der Waals surface area contributed by atoms with Crippen molar-refractivity contribution >= 4 is 11.7 Å². The first-order valence-electron chi connectivity index (χ1n) is 6.39. The number of aliphatic hydroxyl groups excluding tert-OH is 1. The van der Waals surface area contributed by atoms with Gasteiger partial charge < -0.3 is 15.7 Å². The first-order chi connectivity index (χ1) is 10.5. The van der Waals surface area contributed by atoms with Crippen molar-refractivity contribution in [1.29, 1.82) is 0 Å². The smallest absolute Gasteiger partial charge is 0.319 e. The maximum Gasteiger partial charge on any atom is 0.319 e. The highest BCUT2D eigenvalue weighted by atomic mass is 19.1. The van der Waals surface area contributed by atoms with Gasteiger partial charge in [-0.25, -0.2) is 18.0 Å². The molecule has 0 radical (unpaired) electrons. The van der Waals surface area contributed by atoms with Crippen LogP contribution in [-0.2, 0) is 0 Å². The van der Waals surface area contributed by atoms with Gasteiger partial charge in [0.05, 0.1) is 6.10 Å². The summed E-state index contributed by atoms with van der Waals surface area (Å²) in [6.07, 6.45) is -1.32. The molecule has 0 spiro atoms. The summed E-state index contributed by atoms with van der Waals surface area (Å²) in [7, 11) is 0. The van der Waals surface area contributed by atoms with Crippen LogP contribution < -0.4 is 10.6 Å². The van der Waals surface area contributed by atoms with Crippen LogP contribution in [0.2, 0.25) is 0 Å². The first kappa shape index (κ1) is 15.8. The van der Waals surface area contributed by atoms with E-state index in [4.69, 9.17) is 0 Å². The van der Waals surface area contributed by atoms with Crippen LogP contribution in [0.5, 0.6) is 0 Å². The second-order valence-electron chi connectivity index (χ2n) is 4.52. The number of aliphatic hydroxyl groups is 1. The summed E-state index contributed by atoms with van der Waals surface area (Å²) in [5.74, 6) is -2.09. The summed E-state index contributed by atoms with van der Waals surface area (Å²) >= 11 is 0. The topological polar surface area (TPSA) is 61.4 Å². The molecule has 2 aromatic rings. The van der Waals surface area contributed by atoms with Crippen LogP contribution in [0, 0.1) is 17.5 Å². The average molecular weight is 310 g/mol. The molecule has 2 rings (SSSR count). The molecule has 3 N–H and O–H groups in total. The number of carbonyl (C=O) groups excluding carboxylic acids is 1. The van der Waals surface area contributed by atoms with Gasteiger partial charge in [-0.05, 0) is 30.3 Å². The van der Waals surface area contributed by atoms with Gasteiger partial charge in [0.25, 0.3) is 0 Å². The second kappa shape index (κ2) is 6.95. The van der Waals surface area contributed by atoms with Crippen molar-refractivity contribution < 1.29 is 23.1 Å². The second-order valence-corrected chi connectivity index (χ2v) is 4.52. The van der Waals surface area contributed by atoms with Crippen molar-refractivity contribution in [3.63, 3.8) is 0 Å². The van der Waals surface area contributed by atoms with Crippen molar-refractivity contribution in [2.45, 2.75) is 6.10 Å². The Labute approximate surface area is 124 Å². The van der Waals surface area contributed by atoms with E-state index < -0.39 is 29.6 Å². The third-order valence-electron chi connectivity index (χ3n) is 2.88. The molecular formula is C15H13F3N2O2. The highest BCUT2D eigenvalue weighted by Gasteiger charge is 2.14. The minimum absolute atomic E-state index is 0.122. The Morgan fingerprint density at radius 1 is 1.05 bits per heavy atom. The molecule has 0 aliphatic rings. The average Bonchev–Trinajstić information content (AvgIpc) is 2.47. The zero-order valence-electron chi connectivity index (χ0n) is 11.3. The minimum Gasteiger partial charge on any atom is -0.386 e. The Hall–Kier alpha value is -2.54. The lowest BCUT2D eigenvalue weighted by Crippen LogP contribution is -2.32. The summed E-state index contributed by atoms with van der Waals surface area (Å²) < 4.78 is 38.9. The monoisotopic (exact) mass is 310 g/mol. The predicted octanol–water partition coefficient (Wildman–Crippen LogP) is 2.96. The fourth-order valence-corrected chi connectivity index (χ4v) is 1.78. The number of hydrogen-bond acceptors (Lipinski definition) is 2. The molecule has 0 saturated carbocycles. The Balaban J connectivity index is 1.88. The molecule has 0 saturated heterocycles. The van der Waals surface area contributed by atoms with Crippen LogP contribution in [0.4, 0.5) is 23.7 Å². The van der Waals surface area contributed by atoms with E-state index in [2.05, 4.69) is 10.6 Å². The van der Waals surface area contributed by atoms with Gasteiger partial charge in [-0.3, -0.25) is 0 Å². The quantitative estimate of drug-likeness (QED) is 0.813. The zero-order chi connectivity index (χ0) is 16.1. The molecular weight excluding hydrogens is 297 g/mol. The van der Waals surface area contributed by atoms with Crippen LogP contribution in [0.25, 0.3) is 0 Å². The van der Waals surface area contributed by atoms with E-state index in [9.17, 15) is 23.1 Å². The number of halogens is 3. The van der Waals surface area contributed by atoms with Gasteiger partial charge in [-0.15, -0.1) is 0 Å². The van der Waals surface area contributed by atoms with Crippen LogP contribution in [0.15, 0.2) is 42.5 Å². The highest BCUT2D eigenvalue weighted by Crippen LogP contribution is 2.17. The molecule has 2 aromatic carbocycles. The van der Waals surface area contributed by atoms with E-state index in [1.165, 1.54) is 24.3 Å². The van der Waals surface area contributed by atoms with E-state index in [1.807, 2.05) is 0 Å². The number of hydrogen-bond donors (Lipinski definition) is 3. The molecule has 22 heavy (non-hydrogen) atoms. The number of nitrogens with one attached hydrogen (secondary N) is 2. The first-order valence-corrected chi connectivity index (χ1v) is 6.39. The van der Waals surface area contributed by atoms with Crippen molar-refractivity contribution in [3.05, 3.63) is 65.5 Å². The number of carbonyl (C=O) groups is 1. The van der Waals surface area contributed by atoms with Gasteiger partial charge in [0.1, 0.15) is 17.5 Å². The SMILES string of the molecule is O=C(NCC(O)c1ccc(F)cc1F)Nc1ccc(F)cc1. The van der Waals surface area contributed by atoms with Crippen LogP contribution in [-0.4, -0.2) is 17.7 Å². The Morgan fingerprint density at radius 2 is 1.68 bits per heavy atom. The molecule has 2 amide bonds. The number of anilines is 1. The third-order valence-corrected chi connectivity index (χ3v) is 2.88. The number of rotatable bonds is 4. The summed E-state index contributed by atoms with van der Waals surface area (Å²) in [5, 5.41) is 14.5. The minimum atomic E-state index is -1.32. The fourth-order valence-electron chi connectivity index (χ4n) is 1.78. The molecule has 4 nitrogen and oxygen atoms in total. The molecule has 7 heteroatoms. The molecule has 0 heterocycles. The van der Waals surface area contributed by atoms with E-state index in [0.717, 1.165) is 12.1 Å². The maximum atomic E-state index is 13.4. The van der Waals surface area contributed by atoms with Gasteiger partial charge in [-0.1, -0.05) is 6.07 Å². The molecule has 0 aliphatic carbocycles. The standard InChI is InChI=1S/C15H13F3N2O2/c16-9-1-4-11(5-2-9)20-15(22)19-8-14(21)12-6-3-10(17)7-13(12)18/h1-7,14,21H,8H2,(H2,19,20,22). The Kier molecular flexibility index (Phi) is 5.00. The Morgan fingerprint density at radius 3 is 2.32 bits per heavy atom.